The van der Waals surface area contributed by atoms with Crippen molar-refractivity contribution in [3.05, 3.63) is 16.6 Å². The van der Waals surface area contributed by atoms with Crippen LogP contribution >= 0.6 is 11.3 Å². The van der Waals surface area contributed by atoms with Crippen molar-refractivity contribution in [2.75, 3.05) is 13.2 Å². The SMILES string of the molecule is O=C(NC(c1nccs1)C1CC1)N1CCC[C@@H]1CO. The van der Waals surface area contributed by atoms with Gasteiger partial charge in [0.1, 0.15) is 5.01 Å². The molecule has 0 radical (unpaired) electrons. The molecule has 104 valence electrons. The van der Waals surface area contributed by atoms with E-state index < -0.39 is 0 Å². The average molecular weight is 281 g/mol. The molecule has 2 N–H and O–H groups in total. The van der Waals surface area contributed by atoms with Crippen LogP contribution in [-0.4, -0.2) is 40.2 Å². The Balaban J connectivity index is 1.67. The van der Waals surface area contributed by atoms with Crippen LogP contribution in [0.2, 0.25) is 0 Å². The molecule has 1 saturated carbocycles. The number of rotatable bonds is 4. The number of hydrogen-bond acceptors (Lipinski definition) is 4. The van der Waals surface area contributed by atoms with Gasteiger partial charge in [0, 0.05) is 18.1 Å². The van der Waals surface area contributed by atoms with Gasteiger partial charge in [-0.25, -0.2) is 9.78 Å². The van der Waals surface area contributed by atoms with Crippen LogP contribution in [0.5, 0.6) is 0 Å². The molecule has 5 nitrogen and oxygen atoms in total. The van der Waals surface area contributed by atoms with Gasteiger partial charge in [-0.05, 0) is 31.6 Å². The van der Waals surface area contributed by atoms with Crippen molar-refractivity contribution in [1.29, 1.82) is 0 Å². The molecule has 1 aliphatic heterocycles. The Morgan fingerprint density at radius 3 is 3.05 bits per heavy atom. The number of nitrogens with zero attached hydrogens (tertiary/aromatic N) is 2. The lowest BCUT2D eigenvalue weighted by Crippen LogP contribution is -2.45. The molecule has 0 spiro atoms. The molecule has 0 bridgehead atoms. The maximum atomic E-state index is 12.3. The van der Waals surface area contributed by atoms with E-state index in [2.05, 4.69) is 10.3 Å². The van der Waals surface area contributed by atoms with E-state index >= 15 is 0 Å². The van der Waals surface area contributed by atoms with Gasteiger partial charge in [-0.2, -0.15) is 0 Å². The first-order valence-corrected chi connectivity index (χ1v) is 7.75. The molecule has 2 aliphatic rings. The predicted octanol–water partition coefficient (Wildman–Crippen LogP) is 1.76. The summed E-state index contributed by atoms with van der Waals surface area (Å²) in [5.41, 5.74) is 0. The molecule has 3 rings (SSSR count). The minimum atomic E-state index is -0.0522. The van der Waals surface area contributed by atoms with Crippen molar-refractivity contribution in [2.24, 2.45) is 5.92 Å². The lowest BCUT2D eigenvalue weighted by molar-refractivity contribution is 0.153. The molecule has 1 saturated heterocycles. The summed E-state index contributed by atoms with van der Waals surface area (Å²) in [5, 5.41) is 15.3. The molecule has 19 heavy (non-hydrogen) atoms. The summed E-state index contributed by atoms with van der Waals surface area (Å²) in [6.07, 6.45) is 5.98. The van der Waals surface area contributed by atoms with Gasteiger partial charge in [0.15, 0.2) is 0 Å². The Bertz CT molecular complexity index is 433. The predicted molar refractivity (Wildman–Crippen MR) is 72.9 cm³/mol. The van der Waals surface area contributed by atoms with Crippen molar-refractivity contribution < 1.29 is 9.90 Å². The summed E-state index contributed by atoms with van der Waals surface area (Å²) in [6.45, 7) is 0.797. The standard InChI is InChI=1S/C13H19N3O2S/c17-8-10-2-1-6-16(10)13(18)15-11(9-3-4-9)12-14-5-7-19-12/h5,7,9-11,17H,1-4,6,8H2,(H,15,18)/t10-,11?/m1/s1. The number of hydrogen-bond donors (Lipinski definition) is 2. The monoisotopic (exact) mass is 281 g/mol. The minimum Gasteiger partial charge on any atom is -0.394 e. The van der Waals surface area contributed by atoms with Crippen LogP contribution in [0.4, 0.5) is 4.79 Å². The molecule has 1 aromatic heterocycles. The summed E-state index contributed by atoms with van der Waals surface area (Å²) in [6, 6.07) is -0.0211. The molecule has 1 aromatic rings. The van der Waals surface area contributed by atoms with Crippen molar-refractivity contribution in [3.63, 3.8) is 0 Å². The van der Waals surface area contributed by atoms with Crippen LogP contribution in [0.15, 0.2) is 11.6 Å². The van der Waals surface area contributed by atoms with E-state index in [1.165, 1.54) is 0 Å². The van der Waals surface area contributed by atoms with E-state index in [4.69, 9.17) is 0 Å². The molecule has 2 atom stereocenters. The van der Waals surface area contributed by atoms with E-state index in [0.717, 1.165) is 37.2 Å². The summed E-state index contributed by atoms with van der Waals surface area (Å²) in [7, 11) is 0. The zero-order valence-corrected chi connectivity index (χ0v) is 11.6. The highest BCUT2D eigenvalue weighted by Crippen LogP contribution is 2.41. The van der Waals surface area contributed by atoms with E-state index in [0.29, 0.717) is 5.92 Å². The van der Waals surface area contributed by atoms with E-state index in [1.807, 2.05) is 5.38 Å². The first kappa shape index (κ1) is 12.9. The highest BCUT2D eigenvalue weighted by molar-refractivity contribution is 7.09. The van der Waals surface area contributed by atoms with Crippen LogP contribution in [0, 0.1) is 5.92 Å². The quantitative estimate of drug-likeness (QED) is 0.884. The molecule has 1 aliphatic carbocycles. The second-order valence-electron chi connectivity index (χ2n) is 5.31. The number of aliphatic hydroxyl groups is 1. The van der Waals surface area contributed by atoms with Gasteiger partial charge in [0.05, 0.1) is 18.7 Å². The second-order valence-corrected chi connectivity index (χ2v) is 6.23. The van der Waals surface area contributed by atoms with E-state index in [1.54, 1.807) is 22.4 Å². The number of nitrogens with one attached hydrogen (secondary N) is 1. The smallest absolute Gasteiger partial charge is 0.318 e. The number of carbonyl (C=O) groups is 1. The average Bonchev–Trinajstić information content (AvgIpc) is 2.95. The van der Waals surface area contributed by atoms with E-state index in [-0.39, 0.29) is 24.7 Å². The summed E-state index contributed by atoms with van der Waals surface area (Å²) in [4.78, 5) is 18.4. The van der Waals surface area contributed by atoms with Crippen molar-refractivity contribution in [1.82, 2.24) is 15.2 Å². The molecule has 0 aromatic carbocycles. The van der Waals surface area contributed by atoms with Crippen LogP contribution in [0.1, 0.15) is 36.7 Å². The van der Waals surface area contributed by atoms with Crippen molar-refractivity contribution >= 4 is 17.4 Å². The largest absolute Gasteiger partial charge is 0.394 e. The fourth-order valence-electron chi connectivity index (χ4n) is 2.71. The van der Waals surface area contributed by atoms with Crippen molar-refractivity contribution in [3.8, 4) is 0 Å². The zero-order chi connectivity index (χ0) is 13.2. The number of urea groups is 1. The molecule has 6 heteroatoms. The Kier molecular flexibility index (Phi) is 3.70. The maximum Gasteiger partial charge on any atom is 0.318 e. The molecule has 2 fully saturated rings. The topological polar surface area (TPSA) is 65.5 Å². The van der Waals surface area contributed by atoms with Gasteiger partial charge in [-0.1, -0.05) is 0 Å². The Labute approximate surface area is 116 Å². The van der Waals surface area contributed by atoms with Crippen molar-refractivity contribution in [2.45, 2.75) is 37.8 Å². The number of aliphatic hydroxyl groups excluding tert-OH is 1. The number of aromatic nitrogens is 1. The Hall–Kier alpha value is -1.14. The molecule has 2 amide bonds. The highest BCUT2D eigenvalue weighted by atomic mass is 32.1. The highest BCUT2D eigenvalue weighted by Gasteiger charge is 2.37. The third-order valence-electron chi connectivity index (χ3n) is 3.94. The fraction of sp³-hybridized carbons (Fsp3) is 0.692. The summed E-state index contributed by atoms with van der Waals surface area (Å²) in [5.74, 6) is 0.533. The Morgan fingerprint density at radius 2 is 2.42 bits per heavy atom. The number of carbonyl (C=O) groups excluding carboxylic acids is 1. The Morgan fingerprint density at radius 1 is 1.58 bits per heavy atom. The van der Waals surface area contributed by atoms with Crippen LogP contribution in [0.25, 0.3) is 0 Å². The van der Waals surface area contributed by atoms with Gasteiger partial charge >= 0.3 is 6.03 Å². The van der Waals surface area contributed by atoms with Gasteiger partial charge in [0.2, 0.25) is 0 Å². The molecule has 2 heterocycles. The third kappa shape index (κ3) is 2.74. The first-order valence-electron chi connectivity index (χ1n) is 6.87. The zero-order valence-electron chi connectivity index (χ0n) is 10.8. The molecular weight excluding hydrogens is 262 g/mol. The van der Waals surface area contributed by atoms with Gasteiger partial charge in [-0.3, -0.25) is 0 Å². The normalized spacial score (nSPS) is 24.5. The number of amides is 2. The first-order chi connectivity index (χ1) is 9.29. The minimum absolute atomic E-state index is 0.0175. The lowest BCUT2D eigenvalue weighted by Gasteiger charge is -2.26. The third-order valence-corrected chi connectivity index (χ3v) is 4.80. The number of thiazole rings is 1. The van der Waals surface area contributed by atoms with E-state index in [9.17, 15) is 9.90 Å². The second kappa shape index (κ2) is 5.46. The van der Waals surface area contributed by atoms with Crippen LogP contribution in [0.3, 0.4) is 0 Å². The number of likely N-dealkylation sites (tertiary alicyclic amines) is 1. The molecule has 1 unspecified atom stereocenters. The molecular formula is C13H19N3O2S. The fourth-order valence-corrected chi connectivity index (χ4v) is 3.49. The maximum absolute atomic E-state index is 12.3. The summed E-state index contributed by atoms with van der Waals surface area (Å²) < 4.78 is 0. The van der Waals surface area contributed by atoms with Crippen LogP contribution in [-0.2, 0) is 0 Å². The summed E-state index contributed by atoms with van der Waals surface area (Å²) >= 11 is 1.60. The van der Waals surface area contributed by atoms with Gasteiger partial charge in [0.25, 0.3) is 0 Å². The van der Waals surface area contributed by atoms with Gasteiger partial charge < -0.3 is 15.3 Å². The lowest BCUT2D eigenvalue weighted by atomic mass is 10.2. The van der Waals surface area contributed by atoms with Crippen LogP contribution < -0.4 is 5.32 Å². The van der Waals surface area contributed by atoms with Gasteiger partial charge in [-0.15, -0.1) is 11.3 Å².